The number of aryl methyl sites for hydroxylation is 1. The van der Waals surface area contributed by atoms with Crippen molar-refractivity contribution in [1.29, 1.82) is 0 Å². The fraction of sp³-hybridized carbons (Fsp3) is 0.636. The van der Waals surface area contributed by atoms with E-state index in [2.05, 4.69) is 17.4 Å². The van der Waals surface area contributed by atoms with Gasteiger partial charge in [0.15, 0.2) is 0 Å². The van der Waals surface area contributed by atoms with E-state index in [1.807, 2.05) is 18.2 Å². The largest absolute Gasteiger partial charge is 0.480 e. The Labute approximate surface area is 155 Å². The Morgan fingerprint density at radius 1 is 1.04 bits per heavy atom. The van der Waals surface area contributed by atoms with Crippen LogP contribution in [0.1, 0.15) is 56.9 Å². The van der Waals surface area contributed by atoms with Gasteiger partial charge in [-0.2, -0.15) is 0 Å². The second-order valence-corrected chi connectivity index (χ2v) is 8.94. The molecule has 0 spiro atoms. The van der Waals surface area contributed by atoms with Crippen molar-refractivity contribution < 1.29 is 14.7 Å². The van der Waals surface area contributed by atoms with Crippen molar-refractivity contribution in [1.82, 2.24) is 5.32 Å². The van der Waals surface area contributed by atoms with Gasteiger partial charge in [-0.15, -0.1) is 0 Å². The van der Waals surface area contributed by atoms with E-state index >= 15 is 0 Å². The van der Waals surface area contributed by atoms with Gasteiger partial charge in [0.05, 0.1) is 0 Å². The molecule has 4 aliphatic carbocycles. The van der Waals surface area contributed by atoms with Crippen LogP contribution in [0.15, 0.2) is 30.3 Å². The van der Waals surface area contributed by atoms with Crippen molar-refractivity contribution in [3.63, 3.8) is 0 Å². The summed E-state index contributed by atoms with van der Waals surface area (Å²) in [6, 6.07) is 9.33. The van der Waals surface area contributed by atoms with Gasteiger partial charge in [-0.3, -0.25) is 4.79 Å². The van der Waals surface area contributed by atoms with Crippen molar-refractivity contribution in [2.75, 3.05) is 0 Å². The summed E-state index contributed by atoms with van der Waals surface area (Å²) in [7, 11) is 0. The molecule has 140 valence electrons. The normalized spacial score (nSPS) is 33.0. The average Bonchev–Trinajstić information content (AvgIpc) is 2.60. The molecule has 4 fully saturated rings. The first-order chi connectivity index (χ1) is 12.5. The lowest BCUT2D eigenvalue weighted by Crippen LogP contribution is -2.56. The smallest absolute Gasteiger partial charge is 0.326 e. The summed E-state index contributed by atoms with van der Waals surface area (Å²) in [5.74, 6) is 1.18. The molecule has 0 radical (unpaired) electrons. The van der Waals surface area contributed by atoms with Gasteiger partial charge in [-0.05, 0) is 81.1 Å². The standard InChI is InChI=1S/C22H29NO3/c24-20(25)19(8-4-7-15-5-2-1-3-6-15)23-21(26)22-12-16-9-17(13-22)11-18(10-16)14-22/h1-3,5-6,16-19H,4,7-14H2,(H,23,26)(H,24,25)/t16?,17?,18?,19-,22?/m0/s1. The maximum Gasteiger partial charge on any atom is 0.326 e. The molecule has 26 heavy (non-hydrogen) atoms. The highest BCUT2D eigenvalue weighted by molar-refractivity contribution is 5.87. The lowest BCUT2D eigenvalue weighted by atomic mass is 9.49. The number of nitrogens with one attached hydrogen (secondary N) is 1. The Morgan fingerprint density at radius 2 is 1.62 bits per heavy atom. The molecule has 4 saturated carbocycles. The number of hydrogen-bond donors (Lipinski definition) is 2. The van der Waals surface area contributed by atoms with Crippen LogP contribution in [-0.4, -0.2) is 23.0 Å². The summed E-state index contributed by atoms with van der Waals surface area (Å²) in [5.41, 5.74) is 0.936. The van der Waals surface area contributed by atoms with E-state index in [-0.39, 0.29) is 11.3 Å². The SMILES string of the molecule is O=C(O)[C@H](CCCc1ccccc1)NC(=O)C12CC3CC(CC(C3)C1)C2. The summed E-state index contributed by atoms with van der Waals surface area (Å²) < 4.78 is 0. The number of carboxylic acids is 1. The van der Waals surface area contributed by atoms with E-state index in [1.165, 1.54) is 24.8 Å². The molecule has 4 aliphatic rings. The Kier molecular flexibility index (Phi) is 4.76. The first kappa shape index (κ1) is 17.6. The zero-order chi connectivity index (χ0) is 18.1. The van der Waals surface area contributed by atoms with Crippen LogP contribution in [0, 0.1) is 23.2 Å². The minimum atomic E-state index is -0.906. The molecule has 0 aromatic heterocycles. The molecule has 4 bridgehead atoms. The predicted molar refractivity (Wildman–Crippen MR) is 99.6 cm³/mol. The third kappa shape index (κ3) is 3.51. The molecule has 1 aromatic carbocycles. The van der Waals surface area contributed by atoms with Gasteiger partial charge in [0.2, 0.25) is 5.91 Å². The molecule has 4 nitrogen and oxygen atoms in total. The van der Waals surface area contributed by atoms with Crippen LogP contribution in [0.3, 0.4) is 0 Å². The van der Waals surface area contributed by atoms with Crippen LogP contribution in [0.5, 0.6) is 0 Å². The summed E-state index contributed by atoms with van der Waals surface area (Å²) in [6.07, 6.45) is 8.87. The second-order valence-electron chi connectivity index (χ2n) is 8.94. The highest BCUT2D eigenvalue weighted by atomic mass is 16.4. The van der Waals surface area contributed by atoms with E-state index in [1.54, 1.807) is 0 Å². The van der Waals surface area contributed by atoms with Crippen LogP contribution in [0.4, 0.5) is 0 Å². The lowest BCUT2D eigenvalue weighted by Gasteiger charge is -2.55. The zero-order valence-electron chi connectivity index (χ0n) is 15.3. The Balaban J connectivity index is 1.36. The van der Waals surface area contributed by atoms with Gasteiger partial charge in [0.25, 0.3) is 0 Å². The summed E-state index contributed by atoms with van der Waals surface area (Å²) >= 11 is 0. The number of aliphatic carboxylic acids is 1. The average molecular weight is 355 g/mol. The molecule has 0 aliphatic heterocycles. The lowest BCUT2D eigenvalue weighted by molar-refractivity contribution is -0.151. The van der Waals surface area contributed by atoms with E-state index in [4.69, 9.17) is 0 Å². The summed E-state index contributed by atoms with van der Waals surface area (Å²) in [6.45, 7) is 0. The third-order valence-corrected chi connectivity index (χ3v) is 6.92. The van der Waals surface area contributed by atoms with Crippen LogP contribution in [-0.2, 0) is 16.0 Å². The number of benzene rings is 1. The molecule has 1 atom stereocenters. The van der Waals surface area contributed by atoms with Gasteiger partial charge >= 0.3 is 5.97 Å². The highest BCUT2D eigenvalue weighted by Gasteiger charge is 2.54. The molecule has 5 rings (SSSR count). The van der Waals surface area contributed by atoms with Gasteiger partial charge in [-0.25, -0.2) is 4.79 Å². The van der Waals surface area contributed by atoms with Gasteiger partial charge in [0, 0.05) is 5.41 Å². The topological polar surface area (TPSA) is 66.4 Å². The Hall–Kier alpha value is -1.84. The fourth-order valence-corrected chi connectivity index (χ4v) is 6.11. The zero-order valence-corrected chi connectivity index (χ0v) is 15.3. The molecule has 1 aromatic rings. The highest BCUT2D eigenvalue weighted by Crippen LogP contribution is 2.60. The quantitative estimate of drug-likeness (QED) is 0.782. The maximum absolute atomic E-state index is 13.1. The van der Waals surface area contributed by atoms with E-state index in [0.717, 1.165) is 32.1 Å². The number of carbonyl (C=O) groups is 2. The Morgan fingerprint density at radius 3 is 2.15 bits per heavy atom. The van der Waals surface area contributed by atoms with E-state index in [9.17, 15) is 14.7 Å². The number of amides is 1. The fourth-order valence-electron chi connectivity index (χ4n) is 6.11. The summed E-state index contributed by atoms with van der Waals surface area (Å²) in [5, 5.41) is 12.5. The first-order valence-electron chi connectivity index (χ1n) is 10.1. The van der Waals surface area contributed by atoms with Gasteiger partial charge in [-0.1, -0.05) is 30.3 Å². The summed E-state index contributed by atoms with van der Waals surface area (Å²) in [4.78, 5) is 24.8. The van der Waals surface area contributed by atoms with Gasteiger partial charge < -0.3 is 10.4 Å². The molecule has 0 unspecified atom stereocenters. The van der Waals surface area contributed by atoms with Crippen molar-refractivity contribution in [2.24, 2.45) is 23.2 Å². The van der Waals surface area contributed by atoms with Crippen LogP contribution in [0.25, 0.3) is 0 Å². The predicted octanol–water partition coefficient (Wildman–Crippen LogP) is 3.80. The number of hydrogen-bond acceptors (Lipinski definition) is 2. The minimum absolute atomic E-state index is 0.0173. The minimum Gasteiger partial charge on any atom is -0.480 e. The number of carbonyl (C=O) groups excluding carboxylic acids is 1. The van der Waals surface area contributed by atoms with E-state index in [0.29, 0.717) is 24.2 Å². The van der Waals surface area contributed by atoms with Crippen molar-refractivity contribution in [3.05, 3.63) is 35.9 Å². The van der Waals surface area contributed by atoms with E-state index < -0.39 is 12.0 Å². The number of rotatable bonds is 7. The number of carboxylic acid groups (broad SMARTS) is 1. The van der Waals surface area contributed by atoms with Crippen molar-refractivity contribution in [2.45, 2.75) is 63.8 Å². The molecule has 2 N–H and O–H groups in total. The Bertz CT molecular complexity index is 634. The maximum atomic E-state index is 13.1. The molecular formula is C22H29NO3. The van der Waals surface area contributed by atoms with Gasteiger partial charge in [0.1, 0.15) is 6.04 Å². The van der Waals surface area contributed by atoms with Crippen LogP contribution >= 0.6 is 0 Å². The second kappa shape index (κ2) is 7.05. The first-order valence-corrected chi connectivity index (χ1v) is 10.1. The molecule has 4 heteroatoms. The molecule has 0 heterocycles. The molecule has 1 amide bonds. The molecule has 0 saturated heterocycles. The van der Waals surface area contributed by atoms with Crippen LogP contribution in [0.2, 0.25) is 0 Å². The van der Waals surface area contributed by atoms with Crippen LogP contribution < -0.4 is 5.32 Å². The molecular weight excluding hydrogens is 326 g/mol. The third-order valence-electron chi connectivity index (χ3n) is 6.92. The monoisotopic (exact) mass is 355 g/mol. The van der Waals surface area contributed by atoms with Crippen molar-refractivity contribution in [3.8, 4) is 0 Å². The van der Waals surface area contributed by atoms with Crippen molar-refractivity contribution >= 4 is 11.9 Å².